The van der Waals surface area contributed by atoms with Crippen molar-refractivity contribution in [3.05, 3.63) is 41.3 Å². The van der Waals surface area contributed by atoms with Crippen LogP contribution in [0.5, 0.6) is 0 Å². The lowest BCUT2D eigenvalue weighted by Crippen LogP contribution is -2.52. The average molecular weight is 386 g/mol. The Morgan fingerprint density at radius 2 is 2.04 bits per heavy atom. The lowest BCUT2D eigenvalue weighted by Gasteiger charge is -2.34. The zero-order valence-electron chi connectivity index (χ0n) is 14.0. The fourth-order valence-corrected chi connectivity index (χ4v) is 3.28. The number of aromatic nitrogens is 1. The Hall–Kier alpha value is -1.43. The number of pyridine rings is 1. The first-order valence-corrected chi connectivity index (χ1v) is 8.25. The first-order valence-electron chi connectivity index (χ1n) is 8.25. The van der Waals surface area contributed by atoms with Crippen molar-refractivity contribution >= 4 is 41.6 Å². The Balaban J connectivity index is 0.00000113. The van der Waals surface area contributed by atoms with E-state index in [0.29, 0.717) is 28.9 Å². The summed E-state index contributed by atoms with van der Waals surface area (Å²) < 4.78 is 13.7. The van der Waals surface area contributed by atoms with Gasteiger partial charge >= 0.3 is 0 Å². The maximum atomic E-state index is 13.7. The van der Waals surface area contributed by atoms with E-state index in [0.717, 1.165) is 31.6 Å². The molecule has 1 aromatic heterocycles. The topological polar surface area (TPSA) is 45.2 Å². The van der Waals surface area contributed by atoms with Crippen LogP contribution in [0.15, 0.2) is 24.3 Å². The average Bonchev–Trinajstić information content (AvgIpc) is 3.38. The molecule has 1 saturated carbocycles. The van der Waals surface area contributed by atoms with Gasteiger partial charge in [-0.1, -0.05) is 0 Å². The molecule has 4 nitrogen and oxygen atoms in total. The van der Waals surface area contributed by atoms with E-state index in [1.165, 1.54) is 12.1 Å². The number of nitrogens with one attached hydrogen (secondary N) is 1. The van der Waals surface area contributed by atoms with Crippen LogP contribution in [0.1, 0.15) is 41.7 Å². The molecule has 0 spiro atoms. The molecule has 2 aliphatic rings. The summed E-state index contributed by atoms with van der Waals surface area (Å²) in [5.41, 5.74) is 2.27. The SMILES string of the molecule is C[C@H]1CNCCN1C(=O)c1cc(C2CC2)nc2ccc(F)cc12.Cl.Cl. The van der Waals surface area contributed by atoms with Crippen LogP contribution in [0, 0.1) is 5.82 Å². The van der Waals surface area contributed by atoms with Crippen LogP contribution >= 0.6 is 24.8 Å². The molecule has 2 heterocycles. The molecule has 1 saturated heterocycles. The summed E-state index contributed by atoms with van der Waals surface area (Å²) in [6, 6.07) is 6.54. The van der Waals surface area contributed by atoms with Crippen molar-refractivity contribution in [2.75, 3.05) is 19.6 Å². The lowest BCUT2D eigenvalue weighted by molar-refractivity contribution is 0.0657. The van der Waals surface area contributed by atoms with E-state index in [-0.39, 0.29) is 42.6 Å². The van der Waals surface area contributed by atoms with Crippen molar-refractivity contribution in [1.82, 2.24) is 15.2 Å². The highest BCUT2D eigenvalue weighted by molar-refractivity contribution is 6.06. The second-order valence-electron chi connectivity index (χ2n) is 6.58. The van der Waals surface area contributed by atoms with Crippen molar-refractivity contribution in [1.29, 1.82) is 0 Å². The maximum absolute atomic E-state index is 13.7. The van der Waals surface area contributed by atoms with Gasteiger partial charge in [-0.15, -0.1) is 24.8 Å². The summed E-state index contributed by atoms with van der Waals surface area (Å²) >= 11 is 0. The third kappa shape index (κ3) is 3.89. The number of rotatable bonds is 2. The van der Waals surface area contributed by atoms with Crippen LogP contribution in [-0.2, 0) is 0 Å². The highest BCUT2D eigenvalue weighted by Crippen LogP contribution is 2.40. The number of amides is 1. The Morgan fingerprint density at radius 3 is 2.72 bits per heavy atom. The number of fused-ring (bicyclic) bond motifs is 1. The van der Waals surface area contributed by atoms with Crippen LogP contribution in [0.2, 0.25) is 0 Å². The Bertz CT molecular complexity index is 782. The first kappa shape index (κ1) is 19.9. The molecule has 136 valence electrons. The minimum atomic E-state index is -0.333. The lowest BCUT2D eigenvalue weighted by atomic mass is 10.0. The van der Waals surface area contributed by atoms with E-state index in [2.05, 4.69) is 10.3 Å². The van der Waals surface area contributed by atoms with E-state index < -0.39 is 0 Å². The molecule has 1 aliphatic heterocycles. The highest BCUT2D eigenvalue weighted by Gasteiger charge is 2.30. The second kappa shape index (κ2) is 7.85. The van der Waals surface area contributed by atoms with Gasteiger partial charge in [0.25, 0.3) is 5.91 Å². The number of hydrogen-bond acceptors (Lipinski definition) is 3. The van der Waals surface area contributed by atoms with Crippen molar-refractivity contribution < 1.29 is 9.18 Å². The normalized spacial score (nSPS) is 19.9. The van der Waals surface area contributed by atoms with E-state index in [9.17, 15) is 9.18 Å². The molecule has 1 aliphatic carbocycles. The summed E-state index contributed by atoms with van der Waals surface area (Å²) in [5.74, 6) is 0.108. The molecule has 4 rings (SSSR count). The predicted molar refractivity (Wildman–Crippen MR) is 102 cm³/mol. The molecule has 2 fully saturated rings. The third-order valence-electron chi connectivity index (χ3n) is 4.78. The van der Waals surface area contributed by atoms with E-state index in [1.807, 2.05) is 17.9 Å². The smallest absolute Gasteiger partial charge is 0.254 e. The highest BCUT2D eigenvalue weighted by atomic mass is 35.5. The summed E-state index contributed by atoms with van der Waals surface area (Å²) in [6.45, 7) is 4.30. The fourth-order valence-electron chi connectivity index (χ4n) is 3.28. The van der Waals surface area contributed by atoms with Crippen LogP contribution < -0.4 is 5.32 Å². The van der Waals surface area contributed by atoms with Gasteiger partial charge in [0.2, 0.25) is 0 Å². The monoisotopic (exact) mass is 385 g/mol. The Kier molecular flexibility index (Phi) is 6.25. The van der Waals surface area contributed by atoms with Gasteiger partial charge in [-0.25, -0.2) is 4.39 Å². The molecule has 0 radical (unpaired) electrons. The Labute approximate surface area is 159 Å². The van der Waals surface area contributed by atoms with Crippen LogP contribution in [0.25, 0.3) is 10.9 Å². The van der Waals surface area contributed by atoms with Crippen molar-refractivity contribution in [3.8, 4) is 0 Å². The number of carbonyl (C=O) groups excluding carboxylic acids is 1. The molecule has 2 aromatic rings. The zero-order valence-corrected chi connectivity index (χ0v) is 15.6. The standard InChI is InChI=1S/C18H20FN3O.2ClH/c1-11-10-20-6-7-22(11)18(23)15-9-17(12-2-3-12)21-16-5-4-13(19)8-14(15)16;;/h4-5,8-9,11-12,20H,2-3,6-7,10H2,1H3;2*1H/t11-;;/m0../s1. The van der Waals surface area contributed by atoms with Crippen LogP contribution in [-0.4, -0.2) is 41.5 Å². The summed E-state index contributed by atoms with van der Waals surface area (Å²) in [5, 5.41) is 3.91. The van der Waals surface area contributed by atoms with E-state index >= 15 is 0 Å². The van der Waals surface area contributed by atoms with E-state index in [1.54, 1.807) is 6.07 Å². The van der Waals surface area contributed by atoms with Gasteiger partial charge in [0, 0.05) is 42.7 Å². The van der Waals surface area contributed by atoms with Gasteiger partial charge < -0.3 is 10.2 Å². The third-order valence-corrected chi connectivity index (χ3v) is 4.78. The zero-order chi connectivity index (χ0) is 16.0. The van der Waals surface area contributed by atoms with Gasteiger partial charge in [-0.3, -0.25) is 9.78 Å². The molecule has 25 heavy (non-hydrogen) atoms. The van der Waals surface area contributed by atoms with Gasteiger partial charge in [0.1, 0.15) is 5.82 Å². The maximum Gasteiger partial charge on any atom is 0.254 e. The quantitative estimate of drug-likeness (QED) is 0.859. The summed E-state index contributed by atoms with van der Waals surface area (Å²) in [4.78, 5) is 19.6. The summed E-state index contributed by atoms with van der Waals surface area (Å²) in [7, 11) is 0. The van der Waals surface area contributed by atoms with Gasteiger partial charge in [-0.05, 0) is 44.0 Å². The van der Waals surface area contributed by atoms with E-state index in [4.69, 9.17) is 0 Å². The number of halogens is 3. The predicted octanol–water partition coefficient (Wildman–Crippen LogP) is 3.53. The van der Waals surface area contributed by atoms with Crippen molar-refractivity contribution in [3.63, 3.8) is 0 Å². The molecular weight excluding hydrogens is 364 g/mol. The minimum absolute atomic E-state index is 0. The fraction of sp³-hybridized carbons (Fsp3) is 0.444. The number of carbonyl (C=O) groups is 1. The Morgan fingerprint density at radius 1 is 1.28 bits per heavy atom. The second-order valence-corrected chi connectivity index (χ2v) is 6.58. The number of piperazine rings is 1. The van der Waals surface area contributed by atoms with Crippen LogP contribution in [0.4, 0.5) is 4.39 Å². The molecule has 0 unspecified atom stereocenters. The molecule has 0 bridgehead atoms. The minimum Gasteiger partial charge on any atom is -0.333 e. The molecule has 1 aromatic carbocycles. The number of nitrogens with zero attached hydrogens (tertiary/aromatic N) is 2. The van der Waals surface area contributed by atoms with Gasteiger partial charge in [0.05, 0.1) is 11.1 Å². The first-order chi connectivity index (χ1) is 11.1. The molecule has 1 N–H and O–H groups in total. The number of hydrogen-bond donors (Lipinski definition) is 1. The molecular formula is C18H22Cl2FN3O. The van der Waals surface area contributed by atoms with Crippen molar-refractivity contribution in [2.45, 2.75) is 31.7 Å². The van der Waals surface area contributed by atoms with Gasteiger partial charge in [0.15, 0.2) is 0 Å². The molecule has 1 atom stereocenters. The molecule has 7 heteroatoms. The summed E-state index contributed by atoms with van der Waals surface area (Å²) in [6.07, 6.45) is 2.24. The van der Waals surface area contributed by atoms with Crippen LogP contribution in [0.3, 0.4) is 0 Å². The molecule has 1 amide bonds. The number of benzene rings is 1. The van der Waals surface area contributed by atoms with Crippen molar-refractivity contribution in [2.24, 2.45) is 0 Å². The van der Waals surface area contributed by atoms with Gasteiger partial charge in [-0.2, -0.15) is 0 Å². The largest absolute Gasteiger partial charge is 0.333 e.